The van der Waals surface area contributed by atoms with E-state index < -0.39 is 5.97 Å². The minimum absolute atomic E-state index is 0.247. The van der Waals surface area contributed by atoms with Crippen LogP contribution < -0.4 is 5.32 Å². The highest BCUT2D eigenvalue weighted by Crippen LogP contribution is 2.30. The quantitative estimate of drug-likeness (QED) is 0.861. The summed E-state index contributed by atoms with van der Waals surface area (Å²) in [7, 11) is 1.80. The van der Waals surface area contributed by atoms with Crippen LogP contribution in [-0.2, 0) is 16.6 Å². The Labute approximate surface area is 130 Å². The number of amides is 1. The van der Waals surface area contributed by atoms with Crippen LogP contribution in [0.2, 0.25) is 0 Å². The van der Waals surface area contributed by atoms with Crippen LogP contribution in [0.3, 0.4) is 0 Å². The first-order chi connectivity index (χ1) is 10.1. The third-order valence-electron chi connectivity index (χ3n) is 3.52. The summed E-state index contributed by atoms with van der Waals surface area (Å²) in [5.41, 5.74) is 1.34. The number of halogens is 1. The van der Waals surface area contributed by atoms with Crippen molar-refractivity contribution >= 4 is 38.7 Å². The van der Waals surface area contributed by atoms with E-state index in [0.29, 0.717) is 10.2 Å². The molecule has 0 unspecified atom stereocenters. The number of carbonyl (C=O) groups is 2. The van der Waals surface area contributed by atoms with Crippen LogP contribution in [0.15, 0.2) is 28.7 Å². The van der Waals surface area contributed by atoms with Gasteiger partial charge in [-0.1, -0.05) is 18.2 Å². The van der Waals surface area contributed by atoms with Crippen molar-refractivity contribution in [2.24, 2.45) is 7.05 Å². The molecule has 1 fully saturated rings. The SMILES string of the molecule is Cn1c(C(=O)OCC(=O)NC2CC2)c(Br)c2ccccc21. The largest absolute Gasteiger partial charge is 0.451 e. The number of nitrogens with one attached hydrogen (secondary N) is 1. The highest BCUT2D eigenvalue weighted by Gasteiger charge is 2.25. The monoisotopic (exact) mass is 350 g/mol. The zero-order valence-corrected chi connectivity index (χ0v) is 13.1. The lowest BCUT2D eigenvalue weighted by molar-refractivity contribution is -0.124. The van der Waals surface area contributed by atoms with Crippen LogP contribution in [0, 0.1) is 0 Å². The fourth-order valence-corrected chi connectivity index (χ4v) is 3.03. The minimum Gasteiger partial charge on any atom is -0.451 e. The Morgan fingerprint density at radius 3 is 2.76 bits per heavy atom. The molecule has 6 heteroatoms. The van der Waals surface area contributed by atoms with Gasteiger partial charge in [0.2, 0.25) is 0 Å². The molecule has 21 heavy (non-hydrogen) atoms. The van der Waals surface area contributed by atoms with Gasteiger partial charge in [-0.05, 0) is 34.8 Å². The summed E-state index contributed by atoms with van der Waals surface area (Å²) in [5, 5.41) is 3.72. The van der Waals surface area contributed by atoms with E-state index in [9.17, 15) is 9.59 Å². The fourth-order valence-electron chi connectivity index (χ4n) is 2.27. The van der Waals surface area contributed by atoms with E-state index in [-0.39, 0.29) is 18.6 Å². The molecule has 3 rings (SSSR count). The summed E-state index contributed by atoms with van der Waals surface area (Å²) in [6, 6.07) is 7.94. The van der Waals surface area contributed by atoms with Gasteiger partial charge in [0.25, 0.3) is 5.91 Å². The lowest BCUT2D eigenvalue weighted by atomic mass is 10.2. The number of carbonyl (C=O) groups excluding carboxylic acids is 2. The van der Waals surface area contributed by atoms with E-state index in [4.69, 9.17) is 4.74 Å². The molecule has 0 saturated heterocycles. The van der Waals surface area contributed by atoms with E-state index >= 15 is 0 Å². The van der Waals surface area contributed by atoms with Gasteiger partial charge in [-0.25, -0.2) is 4.79 Å². The maximum absolute atomic E-state index is 12.2. The molecule has 0 bridgehead atoms. The van der Waals surface area contributed by atoms with Crippen LogP contribution in [0.4, 0.5) is 0 Å². The molecule has 1 aliphatic carbocycles. The van der Waals surface area contributed by atoms with Crippen molar-refractivity contribution in [1.82, 2.24) is 9.88 Å². The van der Waals surface area contributed by atoms with Crippen LogP contribution in [0.5, 0.6) is 0 Å². The topological polar surface area (TPSA) is 60.3 Å². The number of para-hydroxylation sites is 1. The summed E-state index contributed by atoms with van der Waals surface area (Å²) in [5.74, 6) is -0.757. The molecule has 0 aliphatic heterocycles. The molecular weight excluding hydrogens is 336 g/mol. The van der Waals surface area contributed by atoms with Crippen molar-refractivity contribution in [1.29, 1.82) is 0 Å². The maximum atomic E-state index is 12.2. The number of fused-ring (bicyclic) bond motifs is 1. The average molecular weight is 351 g/mol. The number of benzene rings is 1. The van der Waals surface area contributed by atoms with Gasteiger partial charge in [0.1, 0.15) is 5.69 Å². The zero-order chi connectivity index (χ0) is 15.0. The van der Waals surface area contributed by atoms with Crippen molar-refractivity contribution in [3.8, 4) is 0 Å². The van der Waals surface area contributed by atoms with E-state index in [0.717, 1.165) is 23.7 Å². The predicted octanol–water partition coefficient (Wildman–Crippen LogP) is 2.38. The van der Waals surface area contributed by atoms with Gasteiger partial charge in [0, 0.05) is 24.0 Å². The summed E-state index contributed by atoms with van der Waals surface area (Å²) < 4.78 is 7.56. The second kappa shape index (κ2) is 5.52. The first-order valence-corrected chi connectivity index (χ1v) is 7.56. The van der Waals surface area contributed by atoms with E-state index in [2.05, 4.69) is 21.2 Å². The molecule has 1 N–H and O–H groups in total. The molecule has 5 nitrogen and oxygen atoms in total. The maximum Gasteiger partial charge on any atom is 0.356 e. The third kappa shape index (κ3) is 2.81. The van der Waals surface area contributed by atoms with E-state index in [1.807, 2.05) is 24.3 Å². The van der Waals surface area contributed by atoms with Gasteiger partial charge in [0.05, 0.1) is 4.47 Å². The Morgan fingerprint density at radius 1 is 1.38 bits per heavy atom. The van der Waals surface area contributed by atoms with Gasteiger partial charge in [-0.3, -0.25) is 4.79 Å². The number of ether oxygens (including phenoxy) is 1. The Hall–Kier alpha value is -1.82. The van der Waals surface area contributed by atoms with E-state index in [1.54, 1.807) is 11.6 Å². The number of hydrogen-bond donors (Lipinski definition) is 1. The summed E-state index contributed by atoms with van der Waals surface area (Å²) in [6.07, 6.45) is 2.02. The lowest BCUT2D eigenvalue weighted by Crippen LogP contribution is -2.30. The lowest BCUT2D eigenvalue weighted by Gasteiger charge is -2.07. The molecule has 1 aromatic carbocycles. The zero-order valence-electron chi connectivity index (χ0n) is 11.6. The molecule has 2 aromatic rings. The number of rotatable bonds is 4. The van der Waals surface area contributed by atoms with Gasteiger partial charge < -0.3 is 14.6 Å². The van der Waals surface area contributed by atoms with Crippen molar-refractivity contribution in [3.63, 3.8) is 0 Å². The van der Waals surface area contributed by atoms with Gasteiger partial charge in [-0.15, -0.1) is 0 Å². The number of esters is 1. The first kappa shape index (κ1) is 14.1. The molecule has 1 heterocycles. The average Bonchev–Trinajstić information content (AvgIpc) is 3.24. The molecule has 1 saturated carbocycles. The van der Waals surface area contributed by atoms with Crippen molar-refractivity contribution in [3.05, 3.63) is 34.4 Å². The number of nitrogens with zero attached hydrogens (tertiary/aromatic N) is 1. The van der Waals surface area contributed by atoms with Crippen molar-refractivity contribution in [2.45, 2.75) is 18.9 Å². The molecule has 1 amide bonds. The van der Waals surface area contributed by atoms with Gasteiger partial charge in [-0.2, -0.15) is 0 Å². The molecule has 0 radical (unpaired) electrons. The number of aryl methyl sites for hydroxylation is 1. The molecule has 110 valence electrons. The fraction of sp³-hybridized carbons (Fsp3) is 0.333. The summed E-state index contributed by atoms with van der Waals surface area (Å²) >= 11 is 3.44. The minimum atomic E-state index is -0.508. The Kier molecular flexibility index (Phi) is 3.71. The van der Waals surface area contributed by atoms with Crippen molar-refractivity contribution in [2.75, 3.05) is 6.61 Å². The Balaban J connectivity index is 1.76. The summed E-state index contributed by atoms with van der Waals surface area (Å²) in [6.45, 7) is -0.247. The second-order valence-corrected chi connectivity index (χ2v) is 5.95. The molecule has 0 atom stereocenters. The van der Waals surface area contributed by atoms with Gasteiger partial charge in [0.15, 0.2) is 6.61 Å². The molecule has 0 spiro atoms. The second-order valence-electron chi connectivity index (χ2n) is 5.16. The molecular formula is C15H15BrN2O3. The molecule has 1 aliphatic rings. The highest BCUT2D eigenvalue weighted by atomic mass is 79.9. The smallest absolute Gasteiger partial charge is 0.356 e. The standard InChI is InChI=1S/C15H15BrN2O3/c1-18-11-5-3-2-4-10(11)13(16)14(18)15(20)21-8-12(19)17-9-6-7-9/h2-5,9H,6-8H2,1H3,(H,17,19). The van der Waals surface area contributed by atoms with E-state index in [1.165, 1.54) is 0 Å². The van der Waals surface area contributed by atoms with Crippen LogP contribution in [-0.4, -0.2) is 29.1 Å². The van der Waals surface area contributed by atoms with Crippen LogP contribution in [0.1, 0.15) is 23.3 Å². The first-order valence-electron chi connectivity index (χ1n) is 6.77. The van der Waals surface area contributed by atoms with Crippen molar-refractivity contribution < 1.29 is 14.3 Å². The third-order valence-corrected chi connectivity index (χ3v) is 4.32. The van der Waals surface area contributed by atoms with Crippen LogP contribution >= 0.6 is 15.9 Å². The number of aromatic nitrogens is 1. The Morgan fingerprint density at radius 2 is 2.10 bits per heavy atom. The molecule has 1 aromatic heterocycles. The number of hydrogen-bond acceptors (Lipinski definition) is 3. The normalized spacial score (nSPS) is 14.2. The Bertz CT molecular complexity index is 680. The highest BCUT2D eigenvalue weighted by molar-refractivity contribution is 9.10. The van der Waals surface area contributed by atoms with Gasteiger partial charge >= 0.3 is 5.97 Å². The predicted molar refractivity (Wildman–Crippen MR) is 82.1 cm³/mol. The summed E-state index contributed by atoms with van der Waals surface area (Å²) in [4.78, 5) is 23.8. The van der Waals surface area contributed by atoms with Crippen LogP contribution in [0.25, 0.3) is 10.9 Å².